The highest BCUT2D eigenvalue weighted by Gasteiger charge is 2.20. The number of carbonyl (C=O) groups excluding carboxylic acids is 1. The van der Waals surface area contributed by atoms with Gasteiger partial charge >= 0.3 is 0 Å². The zero-order valence-corrected chi connectivity index (χ0v) is 16.3. The molecule has 1 N–H and O–H groups in total. The van der Waals surface area contributed by atoms with E-state index in [-0.39, 0.29) is 12.0 Å². The van der Waals surface area contributed by atoms with Crippen LogP contribution in [0, 0.1) is 0 Å². The van der Waals surface area contributed by atoms with Crippen molar-refractivity contribution in [3.8, 4) is 17.2 Å². The van der Waals surface area contributed by atoms with Crippen LogP contribution in [0.15, 0.2) is 40.9 Å². The minimum absolute atomic E-state index is 0.0908. The maximum absolute atomic E-state index is 12.8. The van der Waals surface area contributed by atoms with E-state index in [1.54, 1.807) is 24.3 Å². The van der Waals surface area contributed by atoms with Gasteiger partial charge in [-0.2, -0.15) is 0 Å². The molecule has 6 nitrogen and oxygen atoms in total. The van der Waals surface area contributed by atoms with Gasteiger partial charge in [0.2, 0.25) is 0 Å². The molecule has 142 valence electrons. The van der Waals surface area contributed by atoms with Gasteiger partial charge in [0.05, 0.1) is 17.4 Å². The summed E-state index contributed by atoms with van der Waals surface area (Å²) < 4.78 is 23.3. The summed E-state index contributed by atoms with van der Waals surface area (Å²) in [6.07, 6.45) is 2.13. The van der Waals surface area contributed by atoms with Gasteiger partial charge in [-0.05, 0) is 40.9 Å². The molecule has 1 atom stereocenters. The summed E-state index contributed by atoms with van der Waals surface area (Å²) in [6, 6.07) is 10.7. The van der Waals surface area contributed by atoms with Crippen molar-refractivity contribution in [1.82, 2.24) is 0 Å². The number of rotatable bonds is 5. The number of amides is 1. The Bertz CT molecular complexity index is 835. The highest BCUT2D eigenvalue weighted by atomic mass is 79.9. The summed E-state index contributed by atoms with van der Waals surface area (Å²) in [7, 11) is 0. The average molecular weight is 434 g/mol. The van der Waals surface area contributed by atoms with E-state index in [0.717, 1.165) is 23.9 Å². The Hall–Kier alpha value is -2.25. The molecule has 27 heavy (non-hydrogen) atoms. The van der Waals surface area contributed by atoms with E-state index in [2.05, 4.69) is 21.2 Å². The lowest BCUT2D eigenvalue weighted by Crippen LogP contribution is -2.19. The molecule has 0 spiro atoms. The lowest BCUT2D eigenvalue weighted by Gasteiger charge is -2.20. The van der Waals surface area contributed by atoms with Gasteiger partial charge in [0.15, 0.2) is 11.5 Å². The van der Waals surface area contributed by atoms with Gasteiger partial charge in [0.1, 0.15) is 25.6 Å². The molecule has 1 fully saturated rings. The third-order valence-corrected chi connectivity index (χ3v) is 5.12. The number of fused-ring (bicyclic) bond motifs is 1. The second-order valence-electron chi connectivity index (χ2n) is 6.37. The largest absolute Gasteiger partial charge is 0.490 e. The van der Waals surface area contributed by atoms with E-state index in [4.69, 9.17) is 18.9 Å². The predicted octanol–water partition coefficient (Wildman–Crippen LogP) is 4.03. The summed E-state index contributed by atoms with van der Waals surface area (Å²) in [5.41, 5.74) is 1.08. The van der Waals surface area contributed by atoms with Crippen molar-refractivity contribution in [2.24, 2.45) is 0 Å². The number of anilines is 1. The van der Waals surface area contributed by atoms with Crippen LogP contribution in [-0.2, 0) is 4.74 Å². The first kappa shape index (κ1) is 18.1. The van der Waals surface area contributed by atoms with Crippen molar-refractivity contribution in [2.45, 2.75) is 18.9 Å². The Balaban J connectivity index is 1.50. The number of nitrogens with one attached hydrogen (secondary N) is 1. The third kappa shape index (κ3) is 4.20. The van der Waals surface area contributed by atoms with Crippen molar-refractivity contribution in [2.75, 3.05) is 31.7 Å². The van der Waals surface area contributed by atoms with E-state index in [1.165, 1.54) is 0 Å². The lowest BCUT2D eigenvalue weighted by atomic mass is 10.1. The molecule has 2 aliphatic heterocycles. The maximum atomic E-state index is 12.8. The van der Waals surface area contributed by atoms with Gasteiger partial charge < -0.3 is 24.3 Å². The topological polar surface area (TPSA) is 66.0 Å². The van der Waals surface area contributed by atoms with Crippen molar-refractivity contribution in [3.05, 3.63) is 46.4 Å². The van der Waals surface area contributed by atoms with Crippen molar-refractivity contribution in [1.29, 1.82) is 0 Å². The van der Waals surface area contributed by atoms with Crippen LogP contribution in [0.1, 0.15) is 23.2 Å². The van der Waals surface area contributed by atoms with Crippen LogP contribution < -0.4 is 19.5 Å². The summed E-state index contributed by atoms with van der Waals surface area (Å²) in [6.45, 7) is 2.22. The first-order valence-electron chi connectivity index (χ1n) is 8.94. The van der Waals surface area contributed by atoms with Crippen LogP contribution in [0.4, 0.5) is 5.69 Å². The Kier molecular flexibility index (Phi) is 5.50. The molecule has 0 aromatic heterocycles. The van der Waals surface area contributed by atoms with Crippen LogP contribution in [-0.4, -0.2) is 38.4 Å². The van der Waals surface area contributed by atoms with Gasteiger partial charge in [-0.3, -0.25) is 4.79 Å². The molecule has 2 aliphatic rings. The molecule has 2 aromatic rings. The molecular formula is C20H20BrNO5. The highest BCUT2D eigenvalue weighted by molar-refractivity contribution is 9.10. The van der Waals surface area contributed by atoms with Crippen molar-refractivity contribution < 1.29 is 23.7 Å². The zero-order valence-electron chi connectivity index (χ0n) is 14.7. The fraction of sp³-hybridized carbons (Fsp3) is 0.350. The van der Waals surface area contributed by atoms with Crippen molar-refractivity contribution >= 4 is 27.5 Å². The smallest absolute Gasteiger partial charge is 0.259 e. The van der Waals surface area contributed by atoms with Crippen LogP contribution >= 0.6 is 15.9 Å². The Morgan fingerprint density at radius 3 is 2.70 bits per heavy atom. The molecule has 0 aliphatic carbocycles. The molecular weight excluding hydrogens is 414 g/mol. The second kappa shape index (κ2) is 8.19. The van der Waals surface area contributed by atoms with Gasteiger partial charge in [0.25, 0.3) is 5.91 Å². The summed E-state index contributed by atoms with van der Waals surface area (Å²) in [4.78, 5) is 12.8. The summed E-state index contributed by atoms with van der Waals surface area (Å²) in [5, 5.41) is 2.91. The molecule has 7 heteroatoms. The zero-order chi connectivity index (χ0) is 18.6. The van der Waals surface area contributed by atoms with Crippen LogP contribution in [0.2, 0.25) is 0 Å². The third-order valence-electron chi connectivity index (χ3n) is 4.46. The predicted molar refractivity (Wildman–Crippen MR) is 104 cm³/mol. The molecule has 0 saturated carbocycles. The van der Waals surface area contributed by atoms with Gasteiger partial charge in [0, 0.05) is 23.2 Å². The number of hydrogen-bond donors (Lipinski definition) is 1. The molecule has 2 heterocycles. The molecule has 1 unspecified atom stereocenters. The number of benzene rings is 2. The summed E-state index contributed by atoms with van der Waals surface area (Å²) in [5.74, 6) is 1.56. The molecule has 0 bridgehead atoms. The van der Waals surface area contributed by atoms with Crippen LogP contribution in [0.5, 0.6) is 17.2 Å². The van der Waals surface area contributed by atoms with Crippen molar-refractivity contribution in [3.63, 3.8) is 0 Å². The maximum Gasteiger partial charge on any atom is 0.259 e. The summed E-state index contributed by atoms with van der Waals surface area (Å²) >= 11 is 3.47. The van der Waals surface area contributed by atoms with Gasteiger partial charge in [-0.25, -0.2) is 0 Å². The Morgan fingerprint density at radius 2 is 1.93 bits per heavy atom. The minimum Gasteiger partial charge on any atom is -0.490 e. The molecule has 0 radical (unpaired) electrons. The van der Waals surface area contributed by atoms with E-state index in [0.29, 0.717) is 48.3 Å². The van der Waals surface area contributed by atoms with E-state index >= 15 is 0 Å². The number of halogens is 1. The van der Waals surface area contributed by atoms with Gasteiger partial charge in [-0.15, -0.1) is 0 Å². The normalized spacial score (nSPS) is 18.2. The Morgan fingerprint density at radius 1 is 1.15 bits per heavy atom. The fourth-order valence-electron chi connectivity index (χ4n) is 3.09. The monoisotopic (exact) mass is 433 g/mol. The van der Waals surface area contributed by atoms with Gasteiger partial charge in [-0.1, -0.05) is 12.1 Å². The Labute approximate surface area is 165 Å². The van der Waals surface area contributed by atoms with E-state index in [9.17, 15) is 4.79 Å². The standard InChI is InChI=1S/C20H20BrNO5/c21-15-10-18-19(26-9-8-25-18)11-16(15)22-20(23)14-5-1-2-6-17(14)27-12-13-4-3-7-24-13/h1-2,5-6,10-11,13H,3-4,7-9,12H2,(H,22,23). The molecule has 1 amide bonds. The first-order chi connectivity index (χ1) is 13.2. The lowest BCUT2D eigenvalue weighted by molar-refractivity contribution is 0.0673. The first-order valence-corrected chi connectivity index (χ1v) is 9.74. The molecule has 4 rings (SSSR count). The number of para-hydroxylation sites is 1. The quantitative estimate of drug-likeness (QED) is 0.770. The second-order valence-corrected chi connectivity index (χ2v) is 7.23. The fourth-order valence-corrected chi connectivity index (χ4v) is 3.51. The number of hydrogen-bond acceptors (Lipinski definition) is 5. The highest BCUT2D eigenvalue weighted by Crippen LogP contribution is 2.38. The van der Waals surface area contributed by atoms with Crippen LogP contribution in [0.25, 0.3) is 0 Å². The van der Waals surface area contributed by atoms with E-state index < -0.39 is 0 Å². The average Bonchev–Trinajstić information content (AvgIpc) is 3.21. The molecule has 2 aromatic carbocycles. The van der Waals surface area contributed by atoms with Crippen LogP contribution in [0.3, 0.4) is 0 Å². The molecule has 1 saturated heterocycles. The van der Waals surface area contributed by atoms with E-state index in [1.807, 2.05) is 12.1 Å². The minimum atomic E-state index is -0.254. The SMILES string of the molecule is O=C(Nc1cc2c(cc1Br)OCCO2)c1ccccc1OCC1CCCO1. The number of ether oxygens (including phenoxy) is 4. The number of carbonyl (C=O) groups is 1.